The van der Waals surface area contributed by atoms with Crippen molar-refractivity contribution in [2.24, 2.45) is 0 Å². The summed E-state index contributed by atoms with van der Waals surface area (Å²) < 4.78 is 38.2. The van der Waals surface area contributed by atoms with E-state index in [0.717, 1.165) is 11.1 Å². The fraction of sp³-hybridized carbons (Fsp3) is 0.429. The third-order valence-electron chi connectivity index (χ3n) is 3.15. The number of benzene rings is 1. The topological polar surface area (TPSA) is 66.4 Å². The lowest BCUT2D eigenvalue weighted by atomic mass is 10.0. The molecule has 2 N–H and O–H groups in total. The highest BCUT2D eigenvalue weighted by atomic mass is 19.4. The van der Waals surface area contributed by atoms with Crippen molar-refractivity contribution in [2.45, 2.75) is 38.4 Å². The minimum absolute atomic E-state index is 0.220. The Balaban J connectivity index is 2.67. The lowest BCUT2D eigenvalue weighted by Gasteiger charge is -2.28. The van der Waals surface area contributed by atoms with Gasteiger partial charge in [-0.1, -0.05) is 29.8 Å². The summed E-state index contributed by atoms with van der Waals surface area (Å²) in [4.78, 5) is 22.4. The van der Waals surface area contributed by atoms with Crippen molar-refractivity contribution >= 4 is 11.9 Å². The van der Waals surface area contributed by atoms with Crippen LogP contribution in [0, 0.1) is 6.92 Å². The first-order valence-corrected chi connectivity index (χ1v) is 6.23. The van der Waals surface area contributed by atoms with Gasteiger partial charge < -0.3 is 10.4 Å². The Morgan fingerprint density at radius 2 is 1.71 bits per heavy atom. The first-order valence-electron chi connectivity index (χ1n) is 6.23. The van der Waals surface area contributed by atoms with Gasteiger partial charge >= 0.3 is 12.1 Å². The molecule has 116 valence electrons. The molecular formula is C14H16F3NO3. The number of rotatable bonds is 5. The number of alkyl halides is 3. The molecule has 0 aliphatic carbocycles. The van der Waals surface area contributed by atoms with Crippen LogP contribution in [0.1, 0.15) is 24.5 Å². The summed E-state index contributed by atoms with van der Waals surface area (Å²) in [7, 11) is 0. The first kappa shape index (κ1) is 17.0. The smallest absolute Gasteiger partial charge is 0.422 e. The molecule has 21 heavy (non-hydrogen) atoms. The van der Waals surface area contributed by atoms with E-state index in [-0.39, 0.29) is 12.8 Å². The molecule has 1 aromatic rings. The summed E-state index contributed by atoms with van der Waals surface area (Å²) in [6.07, 6.45) is -5.06. The number of hydrogen-bond donors (Lipinski definition) is 2. The molecule has 0 bridgehead atoms. The Bertz CT molecular complexity index is 525. The molecule has 0 radical (unpaired) electrons. The number of carbonyl (C=O) groups is 2. The zero-order valence-corrected chi connectivity index (χ0v) is 11.6. The molecule has 0 saturated heterocycles. The van der Waals surface area contributed by atoms with E-state index in [1.54, 1.807) is 17.4 Å². The third-order valence-corrected chi connectivity index (χ3v) is 3.15. The molecule has 4 nitrogen and oxygen atoms in total. The van der Waals surface area contributed by atoms with Crippen LogP contribution < -0.4 is 5.32 Å². The van der Waals surface area contributed by atoms with Gasteiger partial charge in [-0.3, -0.25) is 4.79 Å². The van der Waals surface area contributed by atoms with E-state index in [1.165, 1.54) is 0 Å². The van der Waals surface area contributed by atoms with E-state index < -0.39 is 23.6 Å². The van der Waals surface area contributed by atoms with Crippen LogP contribution >= 0.6 is 0 Å². The Hall–Kier alpha value is -2.05. The average molecular weight is 303 g/mol. The first-order chi connectivity index (χ1) is 9.56. The predicted octanol–water partition coefficient (Wildman–Crippen LogP) is 2.45. The molecule has 1 unspecified atom stereocenters. The van der Waals surface area contributed by atoms with Gasteiger partial charge in [-0.15, -0.1) is 0 Å². The van der Waals surface area contributed by atoms with Crippen molar-refractivity contribution in [3.8, 4) is 0 Å². The monoisotopic (exact) mass is 303 g/mol. The number of carboxylic acid groups (broad SMARTS) is 1. The highest BCUT2D eigenvalue weighted by Gasteiger charge is 2.58. The largest absolute Gasteiger partial charge is 0.479 e. The summed E-state index contributed by atoms with van der Waals surface area (Å²) in [5.41, 5.74) is -1.46. The number of aryl methyl sites for hydroxylation is 2. The van der Waals surface area contributed by atoms with Crippen LogP contribution in [0.15, 0.2) is 24.3 Å². The van der Waals surface area contributed by atoms with Crippen LogP contribution in [-0.4, -0.2) is 28.7 Å². The maximum absolute atomic E-state index is 12.7. The highest BCUT2D eigenvalue weighted by Crippen LogP contribution is 2.30. The van der Waals surface area contributed by atoms with Crippen LogP contribution in [0.3, 0.4) is 0 Å². The normalized spacial score (nSPS) is 14.3. The average Bonchev–Trinajstić information content (AvgIpc) is 2.36. The molecule has 0 aliphatic heterocycles. The molecule has 0 fully saturated rings. The standard InChI is InChI=1S/C14H16F3NO3/c1-9-3-5-10(6-4-9)7-8-11(19)18-13(2,12(20)21)14(15,16)17/h3-6H,7-8H2,1-2H3,(H,18,19)(H,20,21). The van der Waals surface area contributed by atoms with Crippen LogP contribution in [0.4, 0.5) is 13.2 Å². The van der Waals surface area contributed by atoms with Crippen molar-refractivity contribution in [3.05, 3.63) is 35.4 Å². The number of aliphatic carboxylic acids is 1. The van der Waals surface area contributed by atoms with Crippen molar-refractivity contribution in [2.75, 3.05) is 0 Å². The molecular weight excluding hydrogens is 287 g/mol. The summed E-state index contributed by atoms with van der Waals surface area (Å²) in [6.45, 7) is 2.32. The molecule has 1 aromatic carbocycles. The molecule has 0 aliphatic rings. The lowest BCUT2D eigenvalue weighted by molar-refractivity contribution is -0.206. The van der Waals surface area contributed by atoms with Gasteiger partial charge in [-0.05, 0) is 25.8 Å². The van der Waals surface area contributed by atoms with Gasteiger partial charge in [0.1, 0.15) is 0 Å². The van der Waals surface area contributed by atoms with Crippen molar-refractivity contribution in [1.29, 1.82) is 0 Å². The number of carboxylic acids is 1. The van der Waals surface area contributed by atoms with Gasteiger partial charge in [-0.25, -0.2) is 4.79 Å². The van der Waals surface area contributed by atoms with Crippen LogP contribution in [0.2, 0.25) is 0 Å². The Morgan fingerprint density at radius 1 is 1.19 bits per heavy atom. The van der Waals surface area contributed by atoms with Crippen molar-refractivity contribution in [3.63, 3.8) is 0 Å². The number of nitrogens with one attached hydrogen (secondary N) is 1. The second-order valence-corrected chi connectivity index (χ2v) is 4.96. The molecule has 0 heterocycles. The fourth-order valence-corrected chi connectivity index (χ4v) is 1.60. The van der Waals surface area contributed by atoms with Crippen LogP contribution in [0.25, 0.3) is 0 Å². The molecule has 0 aromatic heterocycles. The predicted molar refractivity (Wildman–Crippen MR) is 69.7 cm³/mol. The van der Waals surface area contributed by atoms with E-state index in [1.807, 2.05) is 19.1 Å². The zero-order chi connectivity index (χ0) is 16.3. The van der Waals surface area contributed by atoms with Gasteiger partial charge in [0.15, 0.2) is 0 Å². The van der Waals surface area contributed by atoms with Crippen molar-refractivity contribution in [1.82, 2.24) is 5.32 Å². The van der Waals surface area contributed by atoms with Crippen molar-refractivity contribution < 1.29 is 27.9 Å². The Labute approximate surface area is 120 Å². The summed E-state index contributed by atoms with van der Waals surface area (Å²) in [6, 6.07) is 7.18. The third kappa shape index (κ3) is 4.21. The number of halogens is 3. The molecule has 1 amide bonds. The van der Waals surface area contributed by atoms with E-state index in [4.69, 9.17) is 5.11 Å². The van der Waals surface area contributed by atoms with Crippen LogP contribution in [0.5, 0.6) is 0 Å². The molecule has 0 saturated carbocycles. The number of carbonyl (C=O) groups excluding carboxylic acids is 1. The maximum atomic E-state index is 12.7. The van der Waals surface area contributed by atoms with Gasteiger partial charge in [0.25, 0.3) is 0 Å². The molecule has 1 atom stereocenters. The number of amides is 1. The summed E-state index contributed by atoms with van der Waals surface area (Å²) in [5, 5.41) is 10.2. The fourth-order valence-electron chi connectivity index (χ4n) is 1.60. The molecule has 1 rings (SSSR count). The van der Waals surface area contributed by atoms with E-state index in [0.29, 0.717) is 6.92 Å². The van der Waals surface area contributed by atoms with E-state index in [2.05, 4.69) is 0 Å². The summed E-state index contributed by atoms with van der Waals surface area (Å²) >= 11 is 0. The zero-order valence-electron chi connectivity index (χ0n) is 11.6. The van der Waals surface area contributed by atoms with Gasteiger partial charge in [0, 0.05) is 6.42 Å². The van der Waals surface area contributed by atoms with Gasteiger partial charge in [0.05, 0.1) is 0 Å². The maximum Gasteiger partial charge on any atom is 0.422 e. The second kappa shape index (κ2) is 6.15. The lowest BCUT2D eigenvalue weighted by Crippen LogP contribution is -2.61. The highest BCUT2D eigenvalue weighted by molar-refractivity contribution is 5.87. The van der Waals surface area contributed by atoms with E-state index >= 15 is 0 Å². The second-order valence-electron chi connectivity index (χ2n) is 4.96. The van der Waals surface area contributed by atoms with Crippen LogP contribution in [-0.2, 0) is 16.0 Å². The minimum Gasteiger partial charge on any atom is -0.479 e. The SMILES string of the molecule is Cc1ccc(CCC(=O)NC(C)(C(=O)O)C(F)(F)F)cc1. The Kier molecular flexibility index (Phi) is 4.98. The number of hydrogen-bond acceptors (Lipinski definition) is 2. The quantitative estimate of drug-likeness (QED) is 0.878. The van der Waals surface area contributed by atoms with Gasteiger partial charge in [-0.2, -0.15) is 13.2 Å². The molecule has 7 heteroatoms. The molecule has 0 spiro atoms. The minimum atomic E-state index is -5.07. The van der Waals surface area contributed by atoms with E-state index in [9.17, 15) is 22.8 Å². The summed E-state index contributed by atoms with van der Waals surface area (Å²) in [5.74, 6) is -3.10. The van der Waals surface area contributed by atoms with Gasteiger partial charge in [0.2, 0.25) is 11.4 Å². The Morgan fingerprint density at radius 3 is 2.14 bits per heavy atom.